The smallest absolute Gasteiger partial charge is 0.417 e. The highest BCUT2D eigenvalue weighted by Gasteiger charge is 2.31. The van der Waals surface area contributed by atoms with Crippen molar-refractivity contribution < 1.29 is 22.7 Å². The van der Waals surface area contributed by atoms with Gasteiger partial charge in [0, 0.05) is 32.4 Å². The largest absolute Gasteiger partial charge is 0.465 e. The molecule has 0 amide bonds. The molecule has 0 unspecified atom stereocenters. The predicted molar refractivity (Wildman–Crippen MR) is 98.6 cm³/mol. The number of esters is 1. The summed E-state index contributed by atoms with van der Waals surface area (Å²) in [4.78, 5) is 24.3. The number of alkyl halides is 3. The molecule has 1 saturated heterocycles. The van der Waals surface area contributed by atoms with Gasteiger partial charge < -0.3 is 14.5 Å². The number of carbonyl (C=O) groups excluding carboxylic acids is 1. The normalized spacial score (nSPS) is 15.3. The lowest BCUT2D eigenvalue weighted by Gasteiger charge is -2.24. The molecule has 3 heterocycles. The quantitative estimate of drug-likeness (QED) is 0.745. The summed E-state index contributed by atoms with van der Waals surface area (Å²) >= 11 is 0. The summed E-state index contributed by atoms with van der Waals surface area (Å²) in [5, 5.41) is 0. The fourth-order valence-electron chi connectivity index (χ4n) is 3.17. The van der Waals surface area contributed by atoms with Crippen LogP contribution in [-0.2, 0) is 10.9 Å². The van der Waals surface area contributed by atoms with Crippen molar-refractivity contribution in [3.63, 3.8) is 0 Å². The number of aryl methyl sites for hydroxylation is 1. The van der Waals surface area contributed by atoms with Gasteiger partial charge in [0.25, 0.3) is 0 Å². The average molecular weight is 394 g/mol. The van der Waals surface area contributed by atoms with Gasteiger partial charge in [-0.15, -0.1) is 0 Å². The van der Waals surface area contributed by atoms with Crippen LogP contribution in [0.1, 0.15) is 28.0 Å². The van der Waals surface area contributed by atoms with Gasteiger partial charge in [0.05, 0.1) is 23.9 Å². The maximum absolute atomic E-state index is 12.7. The second-order valence-electron chi connectivity index (χ2n) is 6.52. The summed E-state index contributed by atoms with van der Waals surface area (Å²) in [7, 11) is 1.33. The van der Waals surface area contributed by atoms with Gasteiger partial charge in [-0.2, -0.15) is 13.2 Å². The van der Waals surface area contributed by atoms with Crippen molar-refractivity contribution in [1.82, 2.24) is 9.97 Å². The number of methoxy groups -OCH3 is 1. The molecule has 28 heavy (non-hydrogen) atoms. The van der Waals surface area contributed by atoms with Crippen LogP contribution < -0.4 is 9.80 Å². The van der Waals surface area contributed by atoms with E-state index in [9.17, 15) is 18.0 Å². The van der Waals surface area contributed by atoms with Crippen molar-refractivity contribution in [3.05, 3.63) is 47.3 Å². The molecule has 3 rings (SSSR count). The molecule has 2 aromatic rings. The SMILES string of the molecule is COC(=O)c1ccc(N2CCCN(c3ccc(C(F)(F)F)cn3)CC2)nc1C. The molecular formula is C19H21F3N4O2. The highest BCUT2D eigenvalue weighted by atomic mass is 19.4. The van der Waals surface area contributed by atoms with Crippen molar-refractivity contribution in [2.75, 3.05) is 43.1 Å². The van der Waals surface area contributed by atoms with E-state index in [1.165, 1.54) is 13.2 Å². The van der Waals surface area contributed by atoms with Crippen LogP contribution in [0.5, 0.6) is 0 Å². The Morgan fingerprint density at radius 3 is 2.21 bits per heavy atom. The molecule has 0 aromatic carbocycles. The van der Waals surface area contributed by atoms with Crippen LogP contribution in [0, 0.1) is 6.92 Å². The lowest BCUT2D eigenvalue weighted by molar-refractivity contribution is -0.137. The van der Waals surface area contributed by atoms with E-state index in [2.05, 4.69) is 14.9 Å². The number of aromatic nitrogens is 2. The average Bonchev–Trinajstić information content (AvgIpc) is 2.93. The van der Waals surface area contributed by atoms with E-state index in [-0.39, 0.29) is 0 Å². The van der Waals surface area contributed by atoms with Crippen LogP contribution in [0.3, 0.4) is 0 Å². The van der Waals surface area contributed by atoms with Crippen molar-refractivity contribution in [2.24, 2.45) is 0 Å². The highest BCUT2D eigenvalue weighted by Crippen LogP contribution is 2.29. The Balaban J connectivity index is 1.70. The van der Waals surface area contributed by atoms with Crippen LogP contribution in [0.4, 0.5) is 24.8 Å². The number of anilines is 2. The third kappa shape index (κ3) is 4.35. The van der Waals surface area contributed by atoms with E-state index < -0.39 is 17.7 Å². The van der Waals surface area contributed by atoms with Gasteiger partial charge in [-0.1, -0.05) is 0 Å². The molecule has 9 heteroatoms. The first-order valence-corrected chi connectivity index (χ1v) is 8.88. The third-order valence-corrected chi connectivity index (χ3v) is 4.70. The van der Waals surface area contributed by atoms with Crippen LogP contribution in [0.2, 0.25) is 0 Å². The first-order valence-electron chi connectivity index (χ1n) is 8.88. The zero-order valence-corrected chi connectivity index (χ0v) is 15.7. The Kier molecular flexibility index (Phi) is 5.71. The minimum absolute atomic E-state index is 0.424. The Hall–Kier alpha value is -2.84. The molecular weight excluding hydrogens is 373 g/mol. The van der Waals surface area contributed by atoms with Crippen molar-refractivity contribution in [2.45, 2.75) is 19.5 Å². The number of nitrogens with zero attached hydrogens (tertiary/aromatic N) is 4. The number of halogens is 3. The lowest BCUT2D eigenvalue weighted by atomic mass is 10.2. The van der Waals surface area contributed by atoms with Crippen LogP contribution in [0.15, 0.2) is 30.5 Å². The van der Waals surface area contributed by atoms with E-state index in [1.807, 2.05) is 4.90 Å². The van der Waals surface area contributed by atoms with Gasteiger partial charge >= 0.3 is 12.1 Å². The summed E-state index contributed by atoms with van der Waals surface area (Å²) in [5.74, 6) is 0.861. The summed E-state index contributed by atoms with van der Waals surface area (Å²) in [5.41, 5.74) is 0.268. The standard InChI is InChI=1S/C19H21F3N4O2/c1-13-15(18(27)28-2)5-7-17(24-13)26-9-3-8-25(10-11-26)16-6-4-14(12-23-16)19(20,21)22/h4-7,12H,3,8-11H2,1-2H3. The molecule has 1 aliphatic heterocycles. The van der Waals surface area contributed by atoms with Crippen molar-refractivity contribution >= 4 is 17.6 Å². The first-order chi connectivity index (χ1) is 13.3. The molecule has 0 atom stereocenters. The third-order valence-electron chi connectivity index (χ3n) is 4.70. The zero-order valence-electron chi connectivity index (χ0n) is 15.7. The maximum Gasteiger partial charge on any atom is 0.417 e. The molecule has 6 nitrogen and oxygen atoms in total. The molecule has 2 aromatic heterocycles. The Morgan fingerprint density at radius 1 is 1.04 bits per heavy atom. The fraction of sp³-hybridized carbons (Fsp3) is 0.421. The molecule has 0 aliphatic carbocycles. The van der Waals surface area contributed by atoms with Crippen LogP contribution in [-0.4, -0.2) is 49.2 Å². The molecule has 0 spiro atoms. The summed E-state index contributed by atoms with van der Waals surface area (Å²) in [6, 6.07) is 5.95. The molecule has 1 aliphatic rings. The molecule has 0 saturated carbocycles. The van der Waals surface area contributed by atoms with Gasteiger partial charge in [0.1, 0.15) is 11.6 Å². The molecule has 1 fully saturated rings. The summed E-state index contributed by atoms with van der Waals surface area (Å²) in [6.07, 6.45) is -2.71. The van der Waals surface area contributed by atoms with Gasteiger partial charge in [-0.05, 0) is 37.6 Å². The minimum Gasteiger partial charge on any atom is -0.465 e. The number of ether oxygens (including phenoxy) is 1. The van der Waals surface area contributed by atoms with E-state index in [0.717, 1.165) is 31.0 Å². The Bertz CT molecular complexity index is 840. The van der Waals surface area contributed by atoms with Crippen LogP contribution in [0.25, 0.3) is 0 Å². The Labute approximate surface area is 160 Å². The summed E-state index contributed by atoms with van der Waals surface area (Å²) in [6.45, 7) is 4.45. The molecule has 150 valence electrons. The highest BCUT2D eigenvalue weighted by molar-refractivity contribution is 5.90. The maximum atomic E-state index is 12.7. The molecule has 0 bridgehead atoms. The second kappa shape index (κ2) is 8.04. The summed E-state index contributed by atoms with van der Waals surface area (Å²) < 4.78 is 42.8. The number of carbonyl (C=O) groups is 1. The van der Waals surface area contributed by atoms with Gasteiger partial charge in [-0.25, -0.2) is 14.8 Å². The number of pyridine rings is 2. The van der Waals surface area contributed by atoms with E-state index in [0.29, 0.717) is 36.7 Å². The van der Waals surface area contributed by atoms with Gasteiger partial charge in [0.15, 0.2) is 0 Å². The number of rotatable bonds is 3. The van der Waals surface area contributed by atoms with E-state index in [1.54, 1.807) is 19.1 Å². The molecule has 0 N–H and O–H groups in total. The van der Waals surface area contributed by atoms with Gasteiger partial charge in [0.2, 0.25) is 0 Å². The lowest BCUT2D eigenvalue weighted by Crippen LogP contribution is -2.31. The number of hydrogen-bond acceptors (Lipinski definition) is 6. The fourth-order valence-corrected chi connectivity index (χ4v) is 3.17. The van der Waals surface area contributed by atoms with E-state index >= 15 is 0 Å². The molecule has 0 radical (unpaired) electrons. The predicted octanol–water partition coefficient (Wildman–Crippen LogP) is 3.31. The zero-order chi connectivity index (χ0) is 20.3. The first kappa shape index (κ1) is 19.9. The Morgan fingerprint density at radius 2 is 1.68 bits per heavy atom. The monoisotopic (exact) mass is 394 g/mol. The van der Waals surface area contributed by atoms with Crippen molar-refractivity contribution in [1.29, 1.82) is 0 Å². The minimum atomic E-state index is -4.39. The van der Waals surface area contributed by atoms with Crippen molar-refractivity contribution in [3.8, 4) is 0 Å². The van der Waals surface area contributed by atoms with E-state index in [4.69, 9.17) is 4.74 Å². The topological polar surface area (TPSA) is 58.6 Å². The number of hydrogen-bond donors (Lipinski definition) is 0. The van der Waals surface area contributed by atoms with Gasteiger partial charge in [-0.3, -0.25) is 0 Å². The van der Waals surface area contributed by atoms with Crippen LogP contribution >= 0.6 is 0 Å². The second-order valence-corrected chi connectivity index (χ2v) is 6.52.